The van der Waals surface area contributed by atoms with Gasteiger partial charge in [-0.2, -0.15) is 0 Å². The Morgan fingerprint density at radius 2 is 1.78 bits per heavy atom. The monoisotopic (exact) mass is 393 g/mol. The van der Waals surface area contributed by atoms with E-state index in [0.717, 1.165) is 12.1 Å². The van der Waals surface area contributed by atoms with Crippen LogP contribution in [0.1, 0.15) is 10.4 Å². The molecule has 0 spiro atoms. The number of hydrogen-bond donors (Lipinski definition) is 1. The molecule has 0 radical (unpaired) electrons. The van der Waals surface area contributed by atoms with Gasteiger partial charge < -0.3 is 10.1 Å². The van der Waals surface area contributed by atoms with Crippen LogP contribution in [-0.2, 0) is 0 Å². The van der Waals surface area contributed by atoms with Crippen molar-refractivity contribution in [2.75, 3.05) is 5.32 Å². The molecule has 3 rings (SSSR count). The molecule has 9 heteroatoms. The van der Waals surface area contributed by atoms with Gasteiger partial charge in [0.2, 0.25) is 0 Å². The van der Waals surface area contributed by atoms with Crippen molar-refractivity contribution in [1.82, 2.24) is 9.97 Å². The van der Waals surface area contributed by atoms with Crippen LogP contribution >= 0.6 is 11.6 Å². The normalized spacial score (nSPS) is 11.1. The van der Waals surface area contributed by atoms with Gasteiger partial charge in [0.05, 0.1) is 10.6 Å². The minimum Gasteiger partial charge on any atom is -0.406 e. The molecule has 5 nitrogen and oxygen atoms in total. The smallest absolute Gasteiger partial charge is 0.406 e. The Bertz CT molecular complexity index is 963. The second kappa shape index (κ2) is 7.63. The van der Waals surface area contributed by atoms with Crippen LogP contribution < -0.4 is 10.1 Å². The number of amides is 1. The molecular formula is C18H11ClF3N3O2. The van der Waals surface area contributed by atoms with E-state index >= 15 is 0 Å². The van der Waals surface area contributed by atoms with Crippen LogP contribution in [0.4, 0.5) is 19.0 Å². The van der Waals surface area contributed by atoms with Gasteiger partial charge in [0.25, 0.3) is 5.91 Å². The van der Waals surface area contributed by atoms with E-state index < -0.39 is 12.3 Å². The predicted octanol–water partition coefficient (Wildman–Crippen LogP) is 4.95. The Labute approximate surface area is 156 Å². The van der Waals surface area contributed by atoms with Gasteiger partial charge in [-0.1, -0.05) is 35.9 Å². The Morgan fingerprint density at radius 1 is 1.07 bits per heavy atom. The van der Waals surface area contributed by atoms with Crippen molar-refractivity contribution in [3.05, 3.63) is 71.6 Å². The van der Waals surface area contributed by atoms with Crippen LogP contribution in [0.2, 0.25) is 5.02 Å². The number of carbonyl (C=O) groups is 1. The van der Waals surface area contributed by atoms with E-state index in [-0.39, 0.29) is 22.2 Å². The summed E-state index contributed by atoms with van der Waals surface area (Å²) in [4.78, 5) is 20.4. The molecule has 3 aromatic rings. The van der Waals surface area contributed by atoms with Crippen molar-refractivity contribution >= 4 is 23.3 Å². The SMILES string of the molecule is O=C(Nc1ncncc1-c1ccc(OC(F)(F)F)cc1)c1ccccc1Cl. The number of benzene rings is 2. The quantitative estimate of drug-likeness (QED) is 0.681. The first kappa shape index (κ1) is 18.7. The fraction of sp³-hybridized carbons (Fsp3) is 0.0556. The number of carbonyl (C=O) groups excluding carboxylic acids is 1. The molecule has 138 valence electrons. The van der Waals surface area contributed by atoms with E-state index in [2.05, 4.69) is 20.0 Å². The standard InChI is InChI=1S/C18H11ClF3N3O2/c19-15-4-2-1-3-13(15)17(26)25-16-14(9-23-10-24-16)11-5-7-12(8-6-11)27-18(20,21)22/h1-10H,(H,23,24,25,26). The second-order valence-electron chi connectivity index (χ2n) is 5.29. The zero-order valence-electron chi connectivity index (χ0n) is 13.5. The zero-order chi connectivity index (χ0) is 19.4. The first-order valence-corrected chi connectivity index (χ1v) is 7.93. The lowest BCUT2D eigenvalue weighted by Gasteiger charge is -2.12. The number of aromatic nitrogens is 2. The number of hydrogen-bond acceptors (Lipinski definition) is 4. The van der Waals surface area contributed by atoms with Crippen LogP contribution in [0.3, 0.4) is 0 Å². The van der Waals surface area contributed by atoms with E-state index in [1.165, 1.54) is 24.7 Å². The number of nitrogens with zero attached hydrogens (tertiary/aromatic N) is 2. The molecule has 2 aromatic carbocycles. The average molecular weight is 394 g/mol. The molecule has 0 atom stereocenters. The van der Waals surface area contributed by atoms with Gasteiger partial charge >= 0.3 is 6.36 Å². The molecule has 0 aliphatic rings. The average Bonchev–Trinajstić information content (AvgIpc) is 2.62. The van der Waals surface area contributed by atoms with Crippen LogP contribution in [0.25, 0.3) is 11.1 Å². The third-order valence-corrected chi connectivity index (χ3v) is 3.79. The number of nitrogens with one attached hydrogen (secondary N) is 1. The highest BCUT2D eigenvalue weighted by molar-refractivity contribution is 6.34. The first-order valence-electron chi connectivity index (χ1n) is 7.55. The predicted molar refractivity (Wildman–Crippen MR) is 93.6 cm³/mol. The Hall–Kier alpha value is -3.13. The second-order valence-corrected chi connectivity index (χ2v) is 5.70. The van der Waals surface area contributed by atoms with Crippen LogP contribution in [-0.4, -0.2) is 22.2 Å². The summed E-state index contributed by atoms with van der Waals surface area (Å²) in [5.41, 5.74) is 1.19. The summed E-state index contributed by atoms with van der Waals surface area (Å²) < 4.78 is 40.6. The lowest BCUT2D eigenvalue weighted by atomic mass is 10.1. The molecule has 1 heterocycles. The van der Waals surface area contributed by atoms with Gasteiger partial charge in [-0.3, -0.25) is 4.79 Å². The molecule has 0 aliphatic carbocycles. The molecule has 0 fully saturated rings. The molecule has 1 N–H and O–H groups in total. The molecule has 1 amide bonds. The zero-order valence-corrected chi connectivity index (χ0v) is 14.3. The maximum Gasteiger partial charge on any atom is 0.573 e. The molecule has 0 saturated heterocycles. The van der Waals surface area contributed by atoms with Crippen LogP contribution in [0, 0.1) is 0 Å². The van der Waals surface area contributed by atoms with Crippen molar-refractivity contribution < 1.29 is 22.7 Å². The van der Waals surface area contributed by atoms with Crippen LogP contribution in [0.5, 0.6) is 5.75 Å². The topological polar surface area (TPSA) is 64.1 Å². The van der Waals surface area contributed by atoms with Gasteiger partial charge in [0, 0.05) is 11.8 Å². The largest absolute Gasteiger partial charge is 0.573 e. The molecule has 1 aromatic heterocycles. The Balaban J connectivity index is 1.86. The van der Waals surface area contributed by atoms with Crippen molar-refractivity contribution in [2.24, 2.45) is 0 Å². The summed E-state index contributed by atoms with van der Waals surface area (Å²) in [7, 11) is 0. The molecular weight excluding hydrogens is 383 g/mol. The highest BCUT2D eigenvalue weighted by Crippen LogP contribution is 2.29. The molecule has 0 aliphatic heterocycles. The van der Waals surface area contributed by atoms with E-state index in [9.17, 15) is 18.0 Å². The van der Waals surface area contributed by atoms with Crippen molar-refractivity contribution in [1.29, 1.82) is 0 Å². The maximum absolute atomic E-state index is 12.4. The summed E-state index contributed by atoms with van der Waals surface area (Å²) in [5.74, 6) is -0.637. The summed E-state index contributed by atoms with van der Waals surface area (Å²) >= 11 is 6.01. The van der Waals surface area contributed by atoms with E-state index in [1.54, 1.807) is 24.3 Å². The molecule has 27 heavy (non-hydrogen) atoms. The lowest BCUT2D eigenvalue weighted by molar-refractivity contribution is -0.274. The fourth-order valence-corrected chi connectivity index (χ4v) is 2.52. The van der Waals surface area contributed by atoms with Crippen LogP contribution in [0.15, 0.2) is 61.1 Å². The Morgan fingerprint density at radius 3 is 2.44 bits per heavy atom. The summed E-state index contributed by atoms with van der Waals surface area (Å²) in [6.07, 6.45) is -2.09. The van der Waals surface area contributed by atoms with Crippen molar-refractivity contribution in [3.63, 3.8) is 0 Å². The summed E-state index contributed by atoms with van der Waals surface area (Å²) in [6.45, 7) is 0. The number of anilines is 1. The third-order valence-electron chi connectivity index (χ3n) is 3.46. The Kier molecular flexibility index (Phi) is 5.27. The lowest BCUT2D eigenvalue weighted by Crippen LogP contribution is -2.17. The molecule has 0 unspecified atom stereocenters. The van der Waals surface area contributed by atoms with Crippen molar-refractivity contribution in [2.45, 2.75) is 6.36 Å². The van der Waals surface area contributed by atoms with Gasteiger partial charge in [0.15, 0.2) is 0 Å². The minimum absolute atomic E-state index is 0.194. The number of rotatable bonds is 4. The van der Waals surface area contributed by atoms with Gasteiger partial charge in [0.1, 0.15) is 17.9 Å². The van der Waals surface area contributed by atoms with E-state index in [4.69, 9.17) is 11.6 Å². The maximum atomic E-state index is 12.4. The van der Waals surface area contributed by atoms with Gasteiger partial charge in [-0.25, -0.2) is 9.97 Å². The molecule has 0 saturated carbocycles. The fourth-order valence-electron chi connectivity index (χ4n) is 2.30. The first-order chi connectivity index (χ1) is 12.8. The van der Waals surface area contributed by atoms with Gasteiger partial charge in [-0.15, -0.1) is 13.2 Å². The molecule has 0 bridgehead atoms. The number of alkyl halides is 3. The van der Waals surface area contributed by atoms with E-state index in [0.29, 0.717) is 11.1 Å². The minimum atomic E-state index is -4.77. The summed E-state index contributed by atoms with van der Waals surface area (Å²) in [6, 6.07) is 11.6. The summed E-state index contributed by atoms with van der Waals surface area (Å²) in [5, 5.41) is 2.91. The third kappa shape index (κ3) is 4.73. The van der Waals surface area contributed by atoms with E-state index in [1.807, 2.05) is 0 Å². The number of halogens is 4. The highest BCUT2D eigenvalue weighted by atomic mass is 35.5. The highest BCUT2D eigenvalue weighted by Gasteiger charge is 2.31. The number of ether oxygens (including phenoxy) is 1. The van der Waals surface area contributed by atoms with Crippen molar-refractivity contribution in [3.8, 4) is 16.9 Å². The van der Waals surface area contributed by atoms with Gasteiger partial charge in [-0.05, 0) is 29.8 Å².